The van der Waals surface area contributed by atoms with Crippen LogP contribution in [0, 0.1) is 6.92 Å². The third-order valence-corrected chi connectivity index (χ3v) is 4.21. The lowest BCUT2D eigenvalue weighted by molar-refractivity contribution is 0.764. The van der Waals surface area contributed by atoms with E-state index in [4.69, 9.17) is 4.98 Å². The summed E-state index contributed by atoms with van der Waals surface area (Å²) in [6.45, 7) is 4.09. The summed E-state index contributed by atoms with van der Waals surface area (Å²) in [7, 11) is 1.92. The van der Waals surface area contributed by atoms with Crippen molar-refractivity contribution in [3.8, 4) is 11.3 Å². The van der Waals surface area contributed by atoms with Crippen LogP contribution in [0.2, 0.25) is 0 Å². The van der Waals surface area contributed by atoms with Crippen molar-refractivity contribution in [3.63, 3.8) is 0 Å². The van der Waals surface area contributed by atoms with E-state index >= 15 is 0 Å². The van der Waals surface area contributed by atoms with Crippen LogP contribution in [-0.4, -0.2) is 24.4 Å². The van der Waals surface area contributed by atoms with Gasteiger partial charge in [0.15, 0.2) is 5.65 Å². The number of hydrogen-bond donors (Lipinski definition) is 1. The molecule has 0 aliphatic carbocycles. The summed E-state index contributed by atoms with van der Waals surface area (Å²) in [5, 5.41) is 12.4. The highest BCUT2D eigenvalue weighted by Gasteiger charge is 2.13. The molecule has 0 fully saturated rings. The van der Waals surface area contributed by atoms with Crippen LogP contribution in [0.5, 0.6) is 0 Å². The van der Waals surface area contributed by atoms with Gasteiger partial charge >= 0.3 is 0 Å². The van der Waals surface area contributed by atoms with Crippen molar-refractivity contribution in [2.24, 2.45) is 7.05 Å². The van der Waals surface area contributed by atoms with Gasteiger partial charge in [-0.3, -0.25) is 4.68 Å². The van der Waals surface area contributed by atoms with Gasteiger partial charge in [0.1, 0.15) is 5.82 Å². The Morgan fingerprint density at radius 2 is 1.92 bits per heavy atom. The summed E-state index contributed by atoms with van der Waals surface area (Å²) in [6, 6.07) is 14.3. The largest absolute Gasteiger partial charge is 0.363 e. The zero-order valence-electron chi connectivity index (χ0n) is 14.5. The van der Waals surface area contributed by atoms with Gasteiger partial charge in [-0.25, -0.2) is 4.98 Å². The average Bonchev–Trinajstić information content (AvgIpc) is 3.20. The Labute approximate surface area is 146 Å². The molecule has 6 nitrogen and oxygen atoms in total. The molecule has 4 rings (SSSR count). The molecule has 0 radical (unpaired) electrons. The van der Waals surface area contributed by atoms with Crippen molar-refractivity contribution in [1.82, 2.24) is 24.4 Å². The lowest BCUT2D eigenvalue weighted by Gasteiger charge is -2.15. The molecular formula is C19H20N6. The summed E-state index contributed by atoms with van der Waals surface area (Å²) in [6.07, 6.45) is 3.89. The zero-order valence-corrected chi connectivity index (χ0v) is 14.5. The molecule has 0 aliphatic heterocycles. The standard InChI is InChI=1S/C19H20N6/c1-13-9-18-22-17(15-7-5-4-6-8-15)10-19(25(18)23-13)21-14(2)16-11-20-24(3)12-16/h4-12,14,21H,1-3H3/t14-/m0/s1. The smallest absolute Gasteiger partial charge is 0.158 e. The fourth-order valence-corrected chi connectivity index (χ4v) is 2.92. The normalized spacial score (nSPS) is 12.4. The minimum absolute atomic E-state index is 0.104. The number of aromatic nitrogens is 5. The van der Waals surface area contributed by atoms with Gasteiger partial charge in [-0.05, 0) is 13.8 Å². The van der Waals surface area contributed by atoms with Crippen LogP contribution in [0.3, 0.4) is 0 Å². The van der Waals surface area contributed by atoms with Gasteiger partial charge in [-0.2, -0.15) is 14.7 Å². The van der Waals surface area contributed by atoms with Crippen molar-refractivity contribution < 1.29 is 0 Å². The summed E-state index contributed by atoms with van der Waals surface area (Å²) < 4.78 is 3.66. The van der Waals surface area contributed by atoms with Crippen molar-refractivity contribution in [3.05, 3.63) is 66.1 Å². The van der Waals surface area contributed by atoms with Gasteiger partial charge in [0.25, 0.3) is 0 Å². The Morgan fingerprint density at radius 1 is 1.12 bits per heavy atom. The molecule has 0 saturated carbocycles. The molecule has 1 N–H and O–H groups in total. The number of hydrogen-bond acceptors (Lipinski definition) is 4. The Morgan fingerprint density at radius 3 is 2.64 bits per heavy atom. The first-order chi connectivity index (χ1) is 12.1. The summed E-state index contributed by atoms with van der Waals surface area (Å²) in [5.41, 5.74) is 4.90. The molecule has 0 unspecified atom stereocenters. The fourth-order valence-electron chi connectivity index (χ4n) is 2.92. The molecule has 3 aromatic heterocycles. The van der Waals surface area contributed by atoms with Crippen molar-refractivity contribution in [2.75, 3.05) is 5.32 Å². The Hall–Kier alpha value is -3.15. The topological polar surface area (TPSA) is 60.0 Å². The number of benzene rings is 1. The predicted molar refractivity (Wildman–Crippen MR) is 98.4 cm³/mol. The Balaban J connectivity index is 1.78. The van der Waals surface area contributed by atoms with Crippen LogP contribution in [0.15, 0.2) is 54.9 Å². The molecule has 0 spiro atoms. The van der Waals surface area contributed by atoms with Gasteiger partial charge in [-0.15, -0.1) is 0 Å². The molecule has 0 bridgehead atoms. The first-order valence-corrected chi connectivity index (χ1v) is 8.28. The number of nitrogens with zero attached hydrogens (tertiary/aromatic N) is 5. The molecule has 0 amide bonds. The van der Waals surface area contributed by atoms with E-state index in [-0.39, 0.29) is 6.04 Å². The highest BCUT2D eigenvalue weighted by atomic mass is 15.3. The second-order valence-corrected chi connectivity index (χ2v) is 6.26. The summed E-state index contributed by atoms with van der Waals surface area (Å²) in [4.78, 5) is 4.76. The van der Waals surface area contributed by atoms with E-state index in [1.807, 2.05) is 65.9 Å². The fraction of sp³-hybridized carbons (Fsp3) is 0.211. The number of fused-ring (bicyclic) bond motifs is 1. The molecule has 4 aromatic rings. The van der Waals surface area contributed by atoms with Crippen LogP contribution in [0.4, 0.5) is 5.82 Å². The Kier molecular flexibility index (Phi) is 3.72. The maximum Gasteiger partial charge on any atom is 0.158 e. The van der Waals surface area contributed by atoms with Crippen LogP contribution in [-0.2, 0) is 7.05 Å². The van der Waals surface area contributed by atoms with Crippen molar-refractivity contribution in [1.29, 1.82) is 0 Å². The van der Waals surface area contributed by atoms with Gasteiger partial charge in [-0.1, -0.05) is 30.3 Å². The number of nitrogens with one attached hydrogen (secondary N) is 1. The molecule has 3 heterocycles. The molecule has 126 valence electrons. The van der Waals surface area contributed by atoms with E-state index in [2.05, 4.69) is 34.6 Å². The van der Waals surface area contributed by atoms with E-state index in [0.717, 1.165) is 34.0 Å². The second-order valence-electron chi connectivity index (χ2n) is 6.26. The van der Waals surface area contributed by atoms with Gasteiger partial charge in [0, 0.05) is 36.5 Å². The third-order valence-electron chi connectivity index (χ3n) is 4.21. The van der Waals surface area contributed by atoms with Gasteiger partial charge in [0.2, 0.25) is 0 Å². The first-order valence-electron chi connectivity index (χ1n) is 8.28. The van der Waals surface area contributed by atoms with Crippen molar-refractivity contribution in [2.45, 2.75) is 19.9 Å². The first kappa shape index (κ1) is 15.4. The molecule has 1 atom stereocenters. The highest BCUT2D eigenvalue weighted by Crippen LogP contribution is 2.25. The van der Waals surface area contributed by atoms with Gasteiger partial charge in [0.05, 0.1) is 23.6 Å². The van der Waals surface area contributed by atoms with Crippen LogP contribution in [0.25, 0.3) is 16.9 Å². The lowest BCUT2D eigenvalue weighted by Crippen LogP contribution is -2.11. The molecule has 6 heteroatoms. The molecule has 1 aromatic carbocycles. The summed E-state index contributed by atoms with van der Waals surface area (Å²) >= 11 is 0. The van der Waals surface area contributed by atoms with E-state index < -0.39 is 0 Å². The maximum atomic E-state index is 4.76. The number of aryl methyl sites for hydroxylation is 2. The number of rotatable bonds is 4. The van der Waals surface area contributed by atoms with Crippen molar-refractivity contribution >= 4 is 11.5 Å². The zero-order chi connectivity index (χ0) is 17.4. The second kappa shape index (κ2) is 6.05. The van der Waals surface area contributed by atoms with E-state index in [0.29, 0.717) is 0 Å². The molecule has 0 saturated heterocycles. The minimum Gasteiger partial charge on any atom is -0.363 e. The van der Waals surface area contributed by atoms with Crippen LogP contribution >= 0.6 is 0 Å². The average molecular weight is 332 g/mol. The SMILES string of the molecule is Cc1cc2nc(-c3ccccc3)cc(N[C@@H](C)c3cnn(C)c3)n2n1. The highest BCUT2D eigenvalue weighted by molar-refractivity contribution is 5.66. The third kappa shape index (κ3) is 2.98. The molecular weight excluding hydrogens is 312 g/mol. The molecule has 0 aliphatic rings. The quantitative estimate of drug-likeness (QED) is 0.620. The lowest BCUT2D eigenvalue weighted by atomic mass is 10.1. The van der Waals surface area contributed by atoms with Crippen LogP contribution < -0.4 is 5.32 Å². The number of anilines is 1. The molecule has 25 heavy (non-hydrogen) atoms. The predicted octanol–water partition coefficient (Wildman–Crippen LogP) is 3.61. The van der Waals surface area contributed by atoms with E-state index in [9.17, 15) is 0 Å². The Bertz CT molecular complexity index is 1020. The van der Waals surface area contributed by atoms with Gasteiger partial charge < -0.3 is 5.32 Å². The minimum atomic E-state index is 0.104. The maximum absolute atomic E-state index is 4.76. The summed E-state index contributed by atoms with van der Waals surface area (Å²) in [5.74, 6) is 0.910. The van der Waals surface area contributed by atoms with E-state index in [1.54, 1.807) is 0 Å². The monoisotopic (exact) mass is 332 g/mol. The van der Waals surface area contributed by atoms with E-state index in [1.165, 1.54) is 0 Å². The van der Waals surface area contributed by atoms with Crippen LogP contribution in [0.1, 0.15) is 24.2 Å².